The highest BCUT2D eigenvalue weighted by atomic mass is 35.5. The fourth-order valence-electron chi connectivity index (χ4n) is 1.58. The van der Waals surface area contributed by atoms with E-state index in [-0.39, 0.29) is 16.5 Å². The minimum Gasteiger partial charge on any atom is -0.477 e. The quantitative estimate of drug-likeness (QED) is 0.663. The molecule has 1 heterocycles. The lowest BCUT2D eigenvalue weighted by molar-refractivity contribution is -0.385. The van der Waals surface area contributed by atoms with E-state index in [1.54, 1.807) is 0 Å². The number of benzene rings is 1. The van der Waals surface area contributed by atoms with E-state index in [2.05, 4.69) is 10.3 Å². The number of halogens is 2. The van der Waals surface area contributed by atoms with Crippen LogP contribution in [0.5, 0.6) is 0 Å². The molecule has 0 amide bonds. The van der Waals surface area contributed by atoms with Gasteiger partial charge in [0, 0.05) is 6.07 Å². The number of rotatable bonds is 4. The third-order valence-electron chi connectivity index (χ3n) is 2.53. The normalized spacial score (nSPS) is 10.2. The maximum atomic E-state index is 13.6. The number of hydrogen-bond acceptors (Lipinski definition) is 5. The summed E-state index contributed by atoms with van der Waals surface area (Å²) in [5.74, 6) is -2.24. The second-order valence-corrected chi connectivity index (χ2v) is 4.28. The maximum absolute atomic E-state index is 13.6. The summed E-state index contributed by atoms with van der Waals surface area (Å²) in [5, 5.41) is 22.2. The molecule has 0 spiro atoms. The number of aromatic carboxylic acids is 1. The Hall–Kier alpha value is -2.74. The van der Waals surface area contributed by atoms with Crippen LogP contribution in [0.2, 0.25) is 5.02 Å². The third-order valence-corrected chi connectivity index (χ3v) is 2.84. The first-order valence-corrected chi connectivity index (χ1v) is 5.86. The zero-order chi connectivity index (χ0) is 15.6. The molecule has 2 N–H and O–H groups in total. The van der Waals surface area contributed by atoms with Gasteiger partial charge < -0.3 is 10.4 Å². The molecule has 0 fully saturated rings. The average Bonchev–Trinajstić information content (AvgIpc) is 2.42. The maximum Gasteiger partial charge on any atom is 0.342 e. The lowest BCUT2D eigenvalue weighted by Crippen LogP contribution is -2.06. The molecule has 0 saturated heterocycles. The molecular weight excluding hydrogens is 305 g/mol. The number of pyridine rings is 1. The van der Waals surface area contributed by atoms with Crippen LogP contribution in [-0.4, -0.2) is 21.0 Å². The minimum atomic E-state index is -1.49. The van der Waals surface area contributed by atoms with Crippen LogP contribution < -0.4 is 5.32 Å². The van der Waals surface area contributed by atoms with Gasteiger partial charge in [0.1, 0.15) is 23.4 Å². The predicted octanol–water partition coefficient (Wildman–Crippen LogP) is 3.22. The van der Waals surface area contributed by atoms with Gasteiger partial charge in [0.25, 0.3) is 0 Å². The monoisotopic (exact) mass is 311 g/mol. The largest absolute Gasteiger partial charge is 0.477 e. The summed E-state index contributed by atoms with van der Waals surface area (Å²) in [6, 6.07) is 4.91. The van der Waals surface area contributed by atoms with Crippen LogP contribution in [0.1, 0.15) is 10.4 Å². The molecule has 2 rings (SSSR count). The first kappa shape index (κ1) is 14.7. The highest BCUT2D eigenvalue weighted by molar-refractivity contribution is 6.33. The average molecular weight is 312 g/mol. The van der Waals surface area contributed by atoms with Gasteiger partial charge in [0.2, 0.25) is 0 Å². The first-order valence-electron chi connectivity index (χ1n) is 5.49. The van der Waals surface area contributed by atoms with Gasteiger partial charge in [-0.3, -0.25) is 10.1 Å². The molecule has 7 nitrogen and oxygen atoms in total. The minimum absolute atomic E-state index is 0.0621. The summed E-state index contributed by atoms with van der Waals surface area (Å²) < 4.78 is 13.6. The van der Waals surface area contributed by atoms with E-state index in [0.29, 0.717) is 0 Å². The van der Waals surface area contributed by atoms with Gasteiger partial charge in [-0.1, -0.05) is 17.7 Å². The molecule has 2 aromatic rings. The van der Waals surface area contributed by atoms with E-state index < -0.39 is 28.0 Å². The predicted molar refractivity (Wildman–Crippen MR) is 72.5 cm³/mol. The summed E-state index contributed by atoms with van der Waals surface area (Å²) in [6.45, 7) is 0. The lowest BCUT2D eigenvalue weighted by Gasteiger charge is -2.09. The molecule has 9 heteroatoms. The number of hydrogen-bond donors (Lipinski definition) is 2. The van der Waals surface area contributed by atoms with Gasteiger partial charge in [-0.05, 0) is 12.1 Å². The van der Waals surface area contributed by atoms with Crippen molar-refractivity contribution in [2.45, 2.75) is 0 Å². The molecule has 1 aromatic carbocycles. The number of aromatic nitrogens is 1. The Labute approximate surface area is 122 Å². The van der Waals surface area contributed by atoms with Crippen LogP contribution in [0.3, 0.4) is 0 Å². The van der Waals surface area contributed by atoms with Crippen LogP contribution in [0.25, 0.3) is 0 Å². The fourth-order valence-corrected chi connectivity index (χ4v) is 1.79. The number of para-hydroxylation sites is 1. The van der Waals surface area contributed by atoms with Gasteiger partial charge in [0.15, 0.2) is 0 Å². The van der Waals surface area contributed by atoms with Crippen molar-refractivity contribution < 1.29 is 19.2 Å². The van der Waals surface area contributed by atoms with Crippen molar-refractivity contribution in [1.82, 2.24) is 4.98 Å². The fraction of sp³-hybridized carbons (Fsp3) is 0. The number of carboxylic acids is 1. The second kappa shape index (κ2) is 5.71. The Morgan fingerprint density at radius 1 is 1.48 bits per heavy atom. The Bertz CT molecular complexity index is 718. The Morgan fingerprint density at radius 3 is 2.76 bits per heavy atom. The summed E-state index contributed by atoms with van der Waals surface area (Å²) in [5.41, 5.74) is -1.32. The zero-order valence-electron chi connectivity index (χ0n) is 10.2. The summed E-state index contributed by atoms with van der Waals surface area (Å²) in [7, 11) is 0. The van der Waals surface area contributed by atoms with E-state index in [0.717, 1.165) is 18.3 Å². The number of carbonyl (C=O) groups is 1. The highest BCUT2D eigenvalue weighted by Gasteiger charge is 2.21. The first-order chi connectivity index (χ1) is 9.90. The zero-order valence-corrected chi connectivity index (χ0v) is 11.0. The molecule has 0 aliphatic heterocycles. The van der Waals surface area contributed by atoms with Crippen LogP contribution in [0.15, 0.2) is 30.5 Å². The van der Waals surface area contributed by atoms with E-state index >= 15 is 0 Å². The number of anilines is 2. The van der Waals surface area contributed by atoms with Crippen LogP contribution in [-0.2, 0) is 0 Å². The van der Waals surface area contributed by atoms with E-state index in [9.17, 15) is 19.3 Å². The summed E-state index contributed by atoms with van der Waals surface area (Å²) >= 11 is 5.81. The molecule has 21 heavy (non-hydrogen) atoms. The summed E-state index contributed by atoms with van der Waals surface area (Å²) in [6.07, 6.45) is 0.778. The lowest BCUT2D eigenvalue weighted by atomic mass is 10.2. The molecule has 0 aliphatic carbocycles. The summed E-state index contributed by atoms with van der Waals surface area (Å²) in [4.78, 5) is 24.5. The molecule has 0 saturated carbocycles. The van der Waals surface area contributed by atoms with Gasteiger partial charge in [-0.15, -0.1) is 0 Å². The molecule has 0 bridgehead atoms. The van der Waals surface area contributed by atoms with E-state index in [1.807, 2.05) is 0 Å². The van der Waals surface area contributed by atoms with Crippen LogP contribution >= 0.6 is 11.6 Å². The molecule has 1 aromatic heterocycles. The Balaban J connectivity index is 2.44. The van der Waals surface area contributed by atoms with E-state index in [4.69, 9.17) is 16.7 Å². The van der Waals surface area contributed by atoms with Crippen molar-refractivity contribution in [3.05, 3.63) is 57.0 Å². The molecular formula is C12H7ClFN3O4. The Morgan fingerprint density at radius 2 is 2.19 bits per heavy atom. The number of nitrogens with one attached hydrogen (secondary N) is 1. The van der Waals surface area contributed by atoms with Crippen molar-refractivity contribution in [3.8, 4) is 0 Å². The molecule has 0 aliphatic rings. The topological polar surface area (TPSA) is 105 Å². The number of nitro groups is 1. The number of carboxylic acid groups (broad SMARTS) is 1. The van der Waals surface area contributed by atoms with Crippen molar-refractivity contribution in [1.29, 1.82) is 0 Å². The molecule has 0 unspecified atom stereocenters. The van der Waals surface area contributed by atoms with Crippen molar-refractivity contribution in [2.24, 2.45) is 0 Å². The van der Waals surface area contributed by atoms with Gasteiger partial charge >= 0.3 is 11.7 Å². The van der Waals surface area contributed by atoms with Gasteiger partial charge in [0.05, 0.1) is 15.6 Å². The standard InChI is InChI=1S/C12H7ClFN3O4/c13-7-2-1-3-8(14)11(7)16-10-4-6(12(18)19)9(5-15-10)17(20)21/h1-5H,(H,15,16)(H,18,19). The van der Waals surface area contributed by atoms with Crippen LogP contribution in [0, 0.1) is 15.9 Å². The Kier molecular flexibility index (Phi) is 3.99. The molecule has 0 radical (unpaired) electrons. The third kappa shape index (κ3) is 3.06. The van der Waals surface area contributed by atoms with Crippen molar-refractivity contribution >= 4 is 34.8 Å². The van der Waals surface area contributed by atoms with Crippen LogP contribution in [0.4, 0.5) is 21.6 Å². The molecule has 0 atom stereocenters. The second-order valence-electron chi connectivity index (χ2n) is 3.87. The van der Waals surface area contributed by atoms with Gasteiger partial charge in [-0.25, -0.2) is 14.2 Å². The van der Waals surface area contributed by atoms with E-state index in [1.165, 1.54) is 12.1 Å². The van der Waals surface area contributed by atoms with Gasteiger partial charge in [-0.2, -0.15) is 0 Å². The molecule has 108 valence electrons. The smallest absolute Gasteiger partial charge is 0.342 e. The van der Waals surface area contributed by atoms with Crippen molar-refractivity contribution in [2.75, 3.05) is 5.32 Å². The highest BCUT2D eigenvalue weighted by Crippen LogP contribution is 2.29. The van der Waals surface area contributed by atoms with Crippen molar-refractivity contribution in [3.63, 3.8) is 0 Å². The SMILES string of the molecule is O=C(O)c1cc(Nc2c(F)cccc2Cl)ncc1[N+](=O)[O-]. The number of nitrogens with zero attached hydrogens (tertiary/aromatic N) is 2.